The van der Waals surface area contributed by atoms with Crippen LogP contribution in [0.15, 0.2) is 24.3 Å². The topological polar surface area (TPSA) is 75.7 Å². The normalized spacial score (nSPS) is 13.9. The van der Waals surface area contributed by atoms with Crippen LogP contribution in [0, 0.1) is 5.82 Å². The Bertz CT molecular complexity index is 972. The Hall–Kier alpha value is -2.74. The van der Waals surface area contributed by atoms with Crippen molar-refractivity contribution in [3.8, 4) is 0 Å². The summed E-state index contributed by atoms with van der Waals surface area (Å²) >= 11 is 1.40. The fourth-order valence-corrected chi connectivity index (χ4v) is 4.92. The van der Waals surface area contributed by atoms with E-state index in [9.17, 15) is 18.8 Å². The van der Waals surface area contributed by atoms with Crippen LogP contribution in [0.1, 0.15) is 53.1 Å². The van der Waals surface area contributed by atoms with E-state index in [1.54, 1.807) is 19.2 Å². The van der Waals surface area contributed by atoms with E-state index in [2.05, 4.69) is 5.32 Å². The van der Waals surface area contributed by atoms with Crippen molar-refractivity contribution in [1.82, 2.24) is 4.90 Å². The number of ether oxygens (including phenoxy) is 1. The highest BCUT2D eigenvalue weighted by Gasteiger charge is 2.30. The Morgan fingerprint density at radius 2 is 2.00 bits per heavy atom. The summed E-state index contributed by atoms with van der Waals surface area (Å²) in [5.74, 6) is -1.64. The zero-order valence-electron chi connectivity index (χ0n) is 17.3. The molecular formula is C22H25FN2O4S. The molecule has 1 aliphatic carbocycles. The standard InChI is InChI=1S/C22H25FN2O4S/c1-13(21(27)25(3)12-15-7-6-8-16(23)11-15)29-22(28)19-17-9-4-5-10-18(17)30-20(19)24-14(2)26/h6-8,11,13H,4-5,9-10,12H2,1-3H3,(H,24,26). The monoisotopic (exact) mass is 432 g/mol. The molecule has 2 aromatic rings. The van der Waals surface area contributed by atoms with Gasteiger partial charge in [0.25, 0.3) is 5.91 Å². The van der Waals surface area contributed by atoms with Gasteiger partial charge in [-0.3, -0.25) is 9.59 Å². The molecule has 0 radical (unpaired) electrons. The van der Waals surface area contributed by atoms with Crippen molar-refractivity contribution in [2.45, 2.75) is 52.2 Å². The van der Waals surface area contributed by atoms with Gasteiger partial charge in [0, 0.05) is 25.4 Å². The molecule has 3 rings (SSSR count). The Morgan fingerprint density at radius 3 is 2.70 bits per heavy atom. The second-order valence-corrected chi connectivity index (χ2v) is 8.57. The van der Waals surface area contributed by atoms with E-state index in [1.807, 2.05) is 0 Å². The molecule has 6 nitrogen and oxygen atoms in total. The van der Waals surface area contributed by atoms with Gasteiger partial charge in [-0.15, -0.1) is 11.3 Å². The number of nitrogens with one attached hydrogen (secondary N) is 1. The van der Waals surface area contributed by atoms with Gasteiger partial charge in [-0.05, 0) is 55.9 Å². The number of likely N-dealkylation sites (N-methyl/N-ethyl adjacent to an activating group) is 1. The molecule has 30 heavy (non-hydrogen) atoms. The number of benzene rings is 1. The van der Waals surface area contributed by atoms with Gasteiger partial charge in [0.05, 0.1) is 5.56 Å². The molecule has 0 spiro atoms. The van der Waals surface area contributed by atoms with E-state index >= 15 is 0 Å². The fraction of sp³-hybridized carbons (Fsp3) is 0.409. The minimum absolute atomic E-state index is 0.198. The third-order valence-corrected chi connectivity index (χ3v) is 6.19. The molecule has 1 heterocycles. The summed E-state index contributed by atoms with van der Waals surface area (Å²) in [5.41, 5.74) is 1.91. The van der Waals surface area contributed by atoms with Crippen LogP contribution in [-0.4, -0.2) is 35.8 Å². The Morgan fingerprint density at radius 1 is 1.27 bits per heavy atom. The van der Waals surface area contributed by atoms with Gasteiger partial charge in [-0.1, -0.05) is 12.1 Å². The highest BCUT2D eigenvalue weighted by Crippen LogP contribution is 2.38. The quantitative estimate of drug-likeness (QED) is 0.702. The van der Waals surface area contributed by atoms with Crippen LogP contribution in [0.2, 0.25) is 0 Å². The maximum Gasteiger partial charge on any atom is 0.342 e. The molecule has 0 bridgehead atoms. The first-order valence-corrected chi connectivity index (χ1v) is 10.7. The Balaban J connectivity index is 1.72. The van der Waals surface area contributed by atoms with Crippen LogP contribution in [-0.2, 0) is 33.7 Å². The van der Waals surface area contributed by atoms with E-state index in [4.69, 9.17) is 4.74 Å². The number of anilines is 1. The van der Waals surface area contributed by atoms with Gasteiger partial charge < -0.3 is 15.0 Å². The SMILES string of the molecule is CC(=O)Nc1sc2c(c1C(=O)OC(C)C(=O)N(C)Cc1cccc(F)c1)CCCC2. The molecule has 1 aromatic heterocycles. The predicted octanol–water partition coefficient (Wildman–Crippen LogP) is 3.93. The lowest BCUT2D eigenvalue weighted by Crippen LogP contribution is -2.37. The molecule has 2 amide bonds. The molecule has 1 N–H and O–H groups in total. The summed E-state index contributed by atoms with van der Waals surface area (Å²) in [6, 6.07) is 6.00. The number of nitrogens with zero attached hydrogens (tertiary/aromatic N) is 1. The third kappa shape index (κ3) is 5.05. The molecule has 1 atom stereocenters. The molecular weight excluding hydrogens is 407 g/mol. The first-order valence-electron chi connectivity index (χ1n) is 9.88. The van der Waals surface area contributed by atoms with E-state index < -0.39 is 18.0 Å². The van der Waals surface area contributed by atoms with Crippen LogP contribution in [0.25, 0.3) is 0 Å². The molecule has 1 unspecified atom stereocenters. The van der Waals surface area contributed by atoms with Crippen molar-refractivity contribution in [2.75, 3.05) is 12.4 Å². The largest absolute Gasteiger partial charge is 0.449 e. The molecule has 1 aromatic carbocycles. The number of esters is 1. The van der Waals surface area contributed by atoms with Crippen LogP contribution < -0.4 is 5.32 Å². The molecule has 0 saturated carbocycles. The highest BCUT2D eigenvalue weighted by atomic mass is 32.1. The summed E-state index contributed by atoms with van der Waals surface area (Å²) in [5, 5.41) is 3.20. The Labute approximate surface area is 179 Å². The number of amides is 2. The number of thiophene rings is 1. The minimum Gasteiger partial charge on any atom is -0.449 e. The number of hydrogen-bond donors (Lipinski definition) is 1. The first-order chi connectivity index (χ1) is 14.3. The summed E-state index contributed by atoms with van der Waals surface area (Å²) < 4.78 is 18.8. The zero-order chi connectivity index (χ0) is 21.8. The lowest BCUT2D eigenvalue weighted by Gasteiger charge is -2.22. The van der Waals surface area contributed by atoms with Gasteiger partial charge in [0.15, 0.2) is 6.10 Å². The fourth-order valence-electron chi connectivity index (χ4n) is 3.60. The van der Waals surface area contributed by atoms with Gasteiger partial charge in [0.2, 0.25) is 5.91 Å². The first kappa shape index (κ1) is 22.0. The second-order valence-electron chi connectivity index (χ2n) is 7.47. The molecule has 160 valence electrons. The summed E-state index contributed by atoms with van der Waals surface area (Å²) in [6.45, 7) is 3.10. The lowest BCUT2D eigenvalue weighted by atomic mass is 9.95. The summed E-state index contributed by atoms with van der Waals surface area (Å²) in [6.07, 6.45) is 2.61. The molecule has 8 heteroatoms. The molecule has 0 aliphatic heterocycles. The average Bonchev–Trinajstić information content (AvgIpc) is 3.04. The van der Waals surface area contributed by atoms with Crippen LogP contribution in [0.5, 0.6) is 0 Å². The Kier molecular flexibility index (Phi) is 6.87. The second kappa shape index (κ2) is 9.38. The van der Waals surface area contributed by atoms with Crippen molar-refractivity contribution in [1.29, 1.82) is 0 Å². The van der Waals surface area contributed by atoms with Crippen molar-refractivity contribution in [3.63, 3.8) is 0 Å². The maximum atomic E-state index is 13.4. The van der Waals surface area contributed by atoms with Crippen LogP contribution >= 0.6 is 11.3 Å². The lowest BCUT2D eigenvalue weighted by molar-refractivity contribution is -0.139. The number of carbonyl (C=O) groups excluding carboxylic acids is 3. The number of hydrogen-bond acceptors (Lipinski definition) is 5. The molecule has 0 saturated heterocycles. The predicted molar refractivity (Wildman–Crippen MR) is 113 cm³/mol. The van der Waals surface area contributed by atoms with Crippen molar-refractivity contribution >= 4 is 34.1 Å². The van der Waals surface area contributed by atoms with Crippen molar-refractivity contribution < 1.29 is 23.5 Å². The number of halogens is 1. The van der Waals surface area contributed by atoms with E-state index in [-0.39, 0.29) is 18.3 Å². The maximum absolute atomic E-state index is 13.4. The van der Waals surface area contributed by atoms with Gasteiger partial charge in [-0.25, -0.2) is 9.18 Å². The van der Waals surface area contributed by atoms with Crippen molar-refractivity contribution in [3.05, 3.63) is 51.7 Å². The molecule has 1 aliphatic rings. The number of fused-ring (bicyclic) bond motifs is 1. The summed E-state index contributed by atoms with van der Waals surface area (Å²) in [7, 11) is 1.58. The minimum atomic E-state index is -1.01. The highest BCUT2D eigenvalue weighted by molar-refractivity contribution is 7.17. The van der Waals surface area contributed by atoms with Crippen LogP contribution in [0.3, 0.4) is 0 Å². The van der Waals surface area contributed by atoms with Gasteiger partial charge >= 0.3 is 5.97 Å². The zero-order valence-corrected chi connectivity index (χ0v) is 18.1. The number of rotatable bonds is 6. The van der Waals surface area contributed by atoms with Crippen LogP contribution in [0.4, 0.5) is 9.39 Å². The third-order valence-electron chi connectivity index (χ3n) is 4.98. The van der Waals surface area contributed by atoms with Gasteiger partial charge in [0.1, 0.15) is 10.8 Å². The molecule has 0 fully saturated rings. The van der Waals surface area contributed by atoms with E-state index in [0.717, 1.165) is 36.1 Å². The number of aryl methyl sites for hydroxylation is 1. The van der Waals surface area contributed by atoms with Gasteiger partial charge in [-0.2, -0.15) is 0 Å². The smallest absolute Gasteiger partial charge is 0.342 e. The number of carbonyl (C=O) groups is 3. The summed E-state index contributed by atoms with van der Waals surface area (Å²) in [4.78, 5) is 39.7. The average molecular weight is 433 g/mol. The van der Waals surface area contributed by atoms with Crippen molar-refractivity contribution in [2.24, 2.45) is 0 Å². The van der Waals surface area contributed by atoms with E-state index in [0.29, 0.717) is 16.1 Å². The van der Waals surface area contributed by atoms with E-state index in [1.165, 1.54) is 42.2 Å².